The lowest BCUT2D eigenvalue weighted by Crippen LogP contribution is -2.56. The standard InChI is InChI=1S/C31H35Cl2N3O5S/c1-21(37)23-12-9-13-26(17-23)36(42(5,40)41)20-29(38)35(19-24-14-15-25(32)18-27(24)33)28(30(39)34-31(2,3)4)16-22-10-7-6-8-11-22/h6-15,17-18,28H,16,19-20H2,1-5H3,(H,34,39)/t28-/m0/s1. The molecular weight excluding hydrogens is 597 g/mol. The number of hydrogen-bond acceptors (Lipinski definition) is 5. The summed E-state index contributed by atoms with van der Waals surface area (Å²) in [4.78, 5) is 41.3. The number of anilines is 1. The molecule has 0 aliphatic heterocycles. The van der Waals surface area contributed by atoms with E-state index in [0.29, 0.717) is 21.2 Å². The number of rotatable bonds is 11. The number of carbonyl (C=O) groups is 3. The smallest absolute Gasteiger partial charge is 0.244 e. The van der Waals surface area contributed by atoms with Crippen LogP contribution >= 0.6 is 23.2 Å². The highest BCUT2D eigenvalue weighted by molar-refractivity contribution is 7.92. The molecule has 0 radical (unpaired) electrons. The number of nitrogens with one attached hydrogen (secondary N) is 1. The maximum Gasteiger partial charge on any atom is 0.244 e. The molecule has 42 heavy (non-hydrogen) atoms. The fourth-order valence-corrected chi connectivity index (χ4v) is 5.64. The fourth-order valence-electron chi connectivity index (χ4n) is 4.33. The molecule has 1 N–H and O–H groups in total. The lowest BCUT2D eigenvalue weighted by molar-refractivity contribution is -0.140. The molecule has 2 amide bonds. The maximum absolute atomic E-state index is 14.2. The molecule has 0 heterocycles. The van der Waals surface area contributed by atoms with Crippen LogP contribution in [0, 0.1) is 0 Å². The molecule has 3 aromatic rings. The number of sulfonamides is 1. The Morgan fingerprint density at radius 3 is 2.17 bits per heavy atom. The Morgan fingerprint density at radius 1 is 0.929 bits per heavy atom. The van der Waals surface area contributed by atoms with Crippen molar-refractivity contribution in [1.29, 1.82) is 0 Å². The molecule has 0 aliphatic carbocycles. The molecule has 0 unspecified atom stereocenters. The fraction of sp³-hybridized carbons (Fsp3) is 0.323. The van der Waals surface area contributed by atoms with Gasteiger partial charge in [0.25, 0.3) is 0 Å². The van der Waals surface area contributed by atoms with E-state index in [1.54, 1.807) is 30.3 Å². The topological polar surface area (TPSA) is 104 Å². The van der Waals surface area contributed by atoms with Crippen molar-refractivity contribution in [3.05, 3.63) is 99.5 Å². The summed E-state index contributed by atoms with van der Waals surface area (Å²) in [6.07, 6.45) is 1.15. The van der Waals surface area contributed by atoms with Crippen molar-refractivity contribution in [2.45, 2.75) is 52.2 Å². The minimum absolute atomic E-state index is 0.0883. The summed E-state index contributed by atoms with van der Waals surface area (Å²) in [7, 11) is -3.98. The van der Waals surface area contributed by atoms with E-state index in [1.165, 1.54) is 24.0 Å². The van der Waals surface area contributed by atoms with Crippen LogP contribution in [-0.4, -0.2) is 55.3 Å². The number of Topliss-reactive ketones (excluding diaryl/α,β-unsaturated/α-hetero) is 1. The first-order chi connectivity index (χ1) is 19.5. The van der Waals surface area contributed by atoms with Crippen molar-refractivity contribution >= 4 is 56.5 Å². The Hall–Kier alpha value is -3.40. The second kappa shape index (κ2) is 13.7. The van der Waals surface area contributed by atoms with Gasteiger partial charge < -0.3 is 10.2 Å². The SMILES string of the molecule is CC(=O)c1cccc(N(CC(=O)N(Cc2ccc(Cl)cc2Cl)[C@@H](Cc2ccccc2)C(=O)NC(C)(C)C)S(C)(=O)=O)c1. The first-order valence-corrected chi connectivity index (χ1v) is 15.8. The molecule has 0 bridgehead atoms. The molecule has 3 rings (SSSR count). The number of halogens is 2. The van der Waals surface area contributed by atoms with Crippen molar-refractivity contribution in [1.82, 2.24) is 10.2 Å². The van der Waals surface area contributed by atoms with Crippen LogP contribution in [0.15, 0.2) is 72.8 Å². The monoisotopic (exact) mass is 631 g/mol. The lowest BCUT2D eigenvalue weighted by Gasteiger charge is -2.35. The molecule has 0 aromatic heterocycles. The summed E-state index contributed by atoms with van der Waals surface area (Å²) >= 11 is 12.6. The summed E-state index contributed by atoms with van der Waals surface area (Å²) in [5.41, 5.74) is 1.18. The van der Waals surface area contributed by atoms with Crippen LogP contribution in [0.2, 0.25) is 10.0 Å². The average Bonchev–Trinajstić information content (AvgIpc) is 2.89. The van der Waals surface area contributed by atoms with Gasteiger partial charge in [0, 0.05) is 34.1 Å². The number of benzene rings is 3. The Labute approximate surface area is 257 Å². The van der Waals surface area contributed by atoms with Crippen molar-refractivity contribution in [3.63, 3.8) is 0 Å². The van der Waals surface area contributed by atoms with Crippen LogP contribution in [0.5, 0.6) is 0 Å². The second-order valence-electron chi connectivity index (χ2n) is 11.1. The Balaban J connectivity index is 2.12. The van der Waals surface area contributed by atoms with Crippen LogP contribution in [0.3, 0.4) is 0 Å². The van der Waals surface area contributed by atoms with Crippen LogP contribution in [0.1, 0.15) is 49.2 Å². The third-order valence-corrected chi connectivity index (χ3v) is 8.07. The Morgan fingerprint density at radius 2 is 1.60 bits per heavy atom. The predicted molar refractivity (Wildman–Crippen MR) is 167 cm³/mol. The van der Waals surface area contributed by atoms with Crippen LogP contribution in [0.4, 0.5) is 5.69 Å². The third-order valence-electron chi connectivity index (χ3n) is 6.34. The Kier molecular flexibility index (Phi) is 10.8. The van der Waals surface area contributed by atoms with Crippen LogP contribution in [-0.2, 0) is 32.6 Å². The van der Waals surface area contributed by atoms with Crippen molar-refractivity contribution < 1.29 is 22.8 Å². The zero-order valence-corrected chi connectivity index (χ0v) is 26.6. The van der Waals surface area contributed by atoms with E-state index in [-0.39, 0.29) is 24.4 Å². The predicted octanol–water partition coefficient (Wildman–Crippen LogP) is 5.52. The van der Waals surface area contributed by atoms with E-state index < -0.39 is 40.0 Å². The number of hydrogen-bond donors (Lipinski definition) is 1. The highest BCUT2D eigenvalue weighted by Gasteiger charge is 2.34. The third kappa shape index (κ3) is 9.31. The van der Waals surface area contributed by atoms with E-state index in [4.69, 9.17) is 23.2 Å². The van der Waals surface area contributed by atoms with Crippen molar-refractivity contribution in [3.8, 4) is 0 Å². The van der Waals surface area contributed by atoms with Crippen LogP contribution in [0.25, 0.3) is 0 Å². The molecule has 0 saturated carbocycles. The second-order valence-corrected chi connectivity index (χ2v) is 13.8. The van der Waals surface area contributed by atoms with E-state index >= 15 is 0 Å². The molecular formula is C31H35Cl2N3O5S. The minimum atomic E-state index is -3.98. The molecule has 0 spiro atoms. The summed E-state index contributed by atoms with van der Waals surface area (Å²) in [6, 6.07) is 19.1. The van der Waals surface area contributed by atoms with Crippen molar-refractivity contribution in [2.24, 2.45) is 0 Å². The van der Waals surface area contributed by atoms with E-state index in [0.717, 1.165) is 16.1 Å². The van der Waals surface area contributed by atoms with Gasteiger partial charge in [0.15, 0.2) is 5.78 Å². The molecule has 0 aliphatic rings. The van der Waals surface area contributed by atoms with Crippen LogP contribution < -0.4 is 9.62 Å². The first kappa shape index (κ1) is 33.1. The van der Waals surface area contributed by atoms with E-state index in [1.807, 2.05) is 51.1 Å². The molecule has 0 fully saturated rings. The molecule has 8 nitrogen and oxygen atoms in total. The van der Waals surface area contributed by atoms with Gasteiger partial charge in [0.05, 0.1) is 11.9 Å². The highest BCUT2D eigenvalue weighted by atomic mass is 35.5. The molecule has 3 aromatic carbocycles. The largest absolute Gasteiger partial charge is 0.350 e. The lowest BCUT2D eigenvalue weighted by atomic mass is 10.0. The van der Waals surface area contributed by atoms with Gasteiger partial charge in [-0.2, -0.15) is 0 Å². The minimum Gasteiger partial charge on any atom is -0.350 e. The summed E-state index contributed by atoms with van der Waals surface area (Å²) in [5.74, 6) is -1.30. The molecule has 0 saturated heterocycles. The van der Waals surface area contributed by atoms with Gasteiger partial charge in [-0.1, -0.05) is 71.7 Å². The van der Waals surface area contributed by atoms with E-state index in [2.05, 4.69) is 5.32 Å². The van der Waals surface area contributed by atoms with Gasteiger partial charge in [-0.3, -0.25) is 18.7 Å². The van der Waals surface area contributed by atoms with Crippen molar-refractivity contribution in [2.75, 3.05) is 17.1 Å². The summed E-state index contributed by atoms with van der Waals surface area (Å²) in [5, 5.41) is 3.66. The summed E-state index contributed by atoms with van der Waals surface area (Å²) in [6.45, 7) is 6.17. The van der Waals surface area contributed by atoms with Gasteiger partial charge in [-0.15, -0.1) is 0 Å². The highest BCUT2D eigenvalue weighted by Crippen LogP contribution is 2.26. The normalized spacial score (nSPS) is 12.4. The maximum atomic E-state index is 14.2. The number of ketones is 1. The zero-order chi connectivity index (χ0) is 31.2. The molecule has 11 heteroatoms. The average molecular weight is 633 g/mol. The van der Waals surface area contributed by atoms with Gasteiger partial charge >= 0.3 is 0 Å². The number of carbonyl (C=O) groups excluding carboxylic acids is 3. The summed E-state index contributed by atoms with van der Waals surface area (Å²) < 4.78 is 26.8. The van der Waals surface area contributed by atoms with Gasteiger partial charge in [-0.05, 0) is 63.1 Å². The van der Waals surface area contributed by atoms with Gasteiger partial charge in [0.2, 0.25) is 21.8 Å². The number of nitrogens with zero attached hydrogens (tertiary/aromatic N) is 2. The van der Waals surface area contributed by atoms with Gasteiger partial charge in [-0.25, -0.2) is 8.42 Å². The van der Waals surface area contributed by atoms with Gasteiger partial charge in [0.1, 0.15) is 12.6 Å². The van der Waals surface area contributed by atoms with E-state index in [9.17, 15) is 22.8 Å². The quantitative estimate of drug-likeness (QED) is 0.281. The zero-order valence-electron chi connectivity index (χ0n) is 24.2. The Bertz CT molecular complexity index is 1560. The molecule has 224 valence electrons. The number of amides is 2. The molecule has 1 atom stereocenters. The first-order valence-electron chi connectivity index (χ1n) is 13.2.